The Morgan fingerprint density at radius 3 is 2.68 bits per heavy atom. The standard InChI is InChI=1S/C28H37F2NO3/c1-19-5-9-22(10-6-19)34-24-12-8-21-16-20(7-11-23(21)26(24)27(29)30)4-2-13-28(17-25(32)33)14-3-15-31-18-28/h7-8,11-12,16,19,22,27,31H,2-6,9-10,13-15,17-18H2,1H3,(H,32,33)/t19?,22?,28-/m1/s1. The second-order valence-electron chi connectivity index (χ2n) is 10.5. The average molecular weight is 474 g/mol. The summed E-state index contributed by atoms with van der Waals surface area (Å²) in [6.45, 7) is 3.92. The third kappa shape index (κ3) is 6.07. The molecule has 2 fully saturated rings. The largest absolute Gasteiger partial charge is 0.490 e. The first kappa shape index (κ1) is 24.9. The van der Waals surface area contributed by atoms with E-state index >= 15 is 0 Å². The van der Waals surface area contributed by atoms with Crippen molar-refractivity contribution in [1.82, 2.24) is 5.32 Å². The van der Waals surface area contributed by atoms with E-state index in [1.54, 1.807) is 12.1 Å². The van der Waals surface area contributed by atoms with E-state index in [0.29, 0.717) is 17.1 Å². The Bertz CT molecular complexity index is 979. The number of rotatable bonds is 9. The van der Waals surface area contributed by atoms with Crippen molar-refractivity contribution in [3.05, 3.63) is 41.5 Å². The minimum Gasteiger partial charge on any atom is -0.490 e. The number of carbonyl (C=O) groups is 1. The Morgan fingerprint density at radius 1 is 1.21 bits per heavy atom. The summed E-state index contributed by atoms with van der Waals surface area (Å²) in [6.07, 6.45) is 6.07. The molecule has 4 rings (SSSR count). The van der Waals surface area contributed by atoms with E-state index < -0.39 is 12.4 Å². The molecule has 2 aromatic rings. The molecule has 6 heteroatoms. The fraction of sp³-hybridized carbons (Fsp3) is 0.607. The number of piperidine rings is 1. The second kappa shape index (κ2) is 11.0. The van der Waals surface area contributed by atoms with Crippen LogP contribution in [0.1, 0.15) is 82.3 Å². The lowest BCUT2D eigenvalue weighted by Crippen LogP contribution is -2.41. The summed E-state index contributed by atoms with van der Waals surface area (Å²) >= 11 is 0. The van der Waals surface area contributed by atoms with Gasteiger partial charge >= 0.3 is 5.97 Å². The molecule has 0 aromatic heterocycles. The molecular weight excluding hydrogens is 436 g/mol. The van der Waals surface area contributed by atoms with E-state index in [-0.39, 0.29) is 23.5 Å². The molecule has 1 saturated heterocycles. The minimum absolute atomic E-state index is 0.00337. The molecule has 1 atom stereocenters. The fourth-order valence-electron chi connectivity index (χ4n) is 5.86. The Labute approximate surface area is 201 Å². The van der Waals surface area contributed by atoms with Crippen LogP contribution in [0.5, 0.6) is 5.75 Å². The van der Waals surface area contributed by atoms with Crippen LogP contribution in [0.25, 0.3) is 10.8 Å². The first-order valence-electron chi connectivity index (χ1n) is 12.8. The maximum absolute atomic E-state index is 14.1. The lowest BCUT2D eigenvalue weighted by atomic mass is 9.74. The van der Waals surface area contributed by atoms with Crippen LogP contribution >= 0.6 is 0 Å². The zero-order valence-corrected chi connectivity index (χ0v) is 20.1. The summed E-state index contributed by atoms with van der Waals surface area (Å²) in [5.41, 5.74) is 0.903. The molecule has 0 radical (unpaired) electrons. The molecule has 1 saturated carbocycles. The number of alkyl halides is 2. The van der Waals surface area contributed by atoms with Gasteiger partial charge in [-0.3, -0.25) is 4.79 Å². The van der Waals surface area contributed by atoms with E-state index in [1.807, 2.05) is 18.2 Å². The third-order valence-electron chi connectivity index (χ3n) is 7.82. The summed E-state index contributed by atoms with van der Waals surface area (Å²) < 4.78 is 34.3. The maximum atomic E-state index is 14.1. The number of hydrogen-bond acceptors (Lipinski definition) is 3. The highest BCUT2D eigenvalue weighted by atomic mass is 19.3. The lowest BCUT2D eigenvalue weighted by molar-refractivity contribution is -0.140. The number of hydrogen-bond donors (Lipinski definition) is 2. The van der Waals surface area contributed by atoms with Gasteiger partial charge in [0.25, 0.3) is 6.43 Å². The quantitative estimate of drug-likeness (QED) is 0.416. The molecule has 0 spiro atoms. The van der Waals surface area contributed by atoms with Crippen molar-refractivity contribution in [2.24, 2.45) is 11.3 Å². The number of fused-ring (bicyclic) bond motifs is 1. The molecule has 0 unspecified atom stereocenters. The number of aliphatic carboxylic acids is 1. The number of halogens is 2. The van der Waals surface area contributed by atoms with Gasteiger partial charge < -0.3 is 15.2 Å². The van der Waals surface area contributed by atoms with E-state index in [2.05, 4.69) is 12.2 Å². The summed E-state index contributed by atoms with van der Waals surface area (Å²) in [5, 5.41) is 14.1. The lowest BCUT2D eigenvalue weighted by Gasteiger charge is -2.36. The Hall–Kier alpha value is -2.21. The van der Waals surface area contributed by atoms with Crippen LogP contribution in [0.4, 0.5) is 8.78 Å². The van der Waals surface area contributed by atoms with Crippen molar-refractivity contribution in [2.45, 2.75) is 83.7 Å². The Balaban J connectivity index is 1.46. The van der Waals surface area contributed by atoms with E-state index in [0.717, 1.165) is 81.8 Å². The first-order chi connectivity index (χ1) is 16.3. The van der Waals surface area contributed by atoms with Crippen LogP contribution in [0.15, 0.2) is 30.3 Å². The van der Waals surface area contributed by atoms with Crippen molar-refractivity contribution in [1.29, 1.82) is 0 Å². The number of benzene rings is 2. The molecule has 1 aliphatic heterocycles. The Morgan fingerprint density at radius 2 is 2.00 bits per heavy atom. The SMILES string of the molecule is CC1CCC(Oc2ccc3cc(CCC[C@]4(CC(=O)O)CCCNC4)ccc3c2C(F)F)CC1. The van der Waals surface area contributed by atoms with Crippen molar-refractivity contribution < 1.29 is 23.4 Å². The summed E-state index contributed by atoms with van der Waals surface area (Å²) in [5.74, 6) is 0.253. The van der Waals surface area contributed by atoms with Gasteiger partial charge in [-0.1, -0.05) is 31.2 Å². The Kier molecular flexibility index (Phi) is 8.07. The van der Waals surface area contributed by atoms with Gasteiger partial charge in [0, 0.05) is 6.54 Å². The smallest absolute Gasteiger partial charge is 0.303 e. The molecular formula is C28H37F2NO3. The maximum Gasteiger partial charge on any atom is 0.303 e. The molecule has 2 aliphatic rings. The summed E-state index contributed by atoms with van der Waals surface area (Å²) in [4.78, 5) is 11.4. The van der Waals surface area contributed by atoms with Gasteiger partial charge in [0.05, 0.1) is 18.1 Å². The van der Waals surface area contributed by atoms with Crippen molar-refractivity contribution >= 4 is 16.7 Å². The first-order valence-corrected chi connectivity index (χ1v) is 12.8. The highest BCUT2D eigenvalue weighted by Gasteiger charge is 2.33. The van der Waals surface area contributed by atoms with Crippen LogP contribution < -0.4 is 10.1 Å². The predicted octanol–water partition coefficient (Wildman–Crippen LogP) is 6.90. The van der Waals surface area contributed by atoms with E-state index in [4.69, 9.17) is 4.74 Å². The van der Waals surface area contributed by atoms with Gasteiger partial charge in [0.1, 0.15) is 5.75 Å². The molecule has 1 aliphatic carbocycles. The van der Waals surface area contributed by atoms with Gasteiger partial charge in [-0.2, -0.15) is 0 Å². The van der Waals surface area contributed by atoms with Crippen LogP contribution in [0, 0.1) is 11.3 Å². The molecule has 34 heavy (non-hydrogen) atoms. The monoisotopic (exact) mass is 473 g/mol. The summed E-state index contributed by atoms with van der Waals surface area (Å²) in [7, 11) is 0. The van der Waals surface area contributed by atoms with E-state index in [1.165, 1.54) is 0 Å². The second-order valence-corrected chi connectivity index (χ2v) is 10.5. The fourth-order valence-corrected chi connectivity index (χ4v) is 5.86. The summed E-state index contributed by atoms with van der Waals surface area (Å²) in [6, 6.07) is 9.33. The van der Waals surface area contributed by atoms with Crippen LogP contribution in [-0.4, -0.2) is 30.3 Å². The van der Waals surface area contributed by atoms with E-state index in [9.17, 15) is 18.7 Å². The van der Waals surface area contributed by atoms with Crippen molar-refractivity contribution in [2.75, 3.05) is 13.1 Å². The highest BCUT2D eigenvalue weighted by molar-refractivity contribution is 5.88. The molecule has 4 nitrogen and oxygen atoms in total. The number of carboxylic acids is 1. The molecule has 2 N–H and O–H groups in total. The number of carboxylic acid groups (broad SMARTS) is 1. The van der Waals surface area contributed by atoms with Crippen molar-refractivity contribution in [3.63, 3.8) is 0 Å². The molecule has 0 amide bonds. The van der Waals surface area contributed by atoms with Crippen molar-refractivity contribution in [3.8, 4) is 5.75 Å². The highest BCUT2D eigenvalue weighted by Crippen LogP contribution is 2.39. The minimum atomic E-state index is -2.60. The number of aryl methyl sites for hydroxylation is 1. The molecule has 2 aromatic carbocycles. The van der Waals surface area contributed by atoms with Gasteiger partial charge in [-0.05, 0) is 98.1 Å². The van der Waals surface area contributed by atoms with Gasteiger partial charge in [0.2, 0.25) is 0 Å². The molecule has 1 heterocycles. The van der Waals surface area contributed by atoms with Crippen LogP contribution in [-0.2, 0) is 11.2 Å². The van der Waals surface area contributed by atoms with Crippen LogP contribution in [0.3, 0.4) is 0 Å². The predicted molar refractivity (Wildman–Crippen MR) is 131 cm³/mol. The molecule has 186 valence electrons. The topological polar surface area (TPSA) is 58.6 Å². The van der Waals surface area contributed by atoms with Gasteiger partial charge in [-0.15, -0.1) is 0 Å². The normalized spacial score (nSPS) is 25.5. The third-order valence-corrected chi connectivity index (χ3v) is 7.82. The number of nitrogens with one attached hydrogen (secondary N) is 1. The zero-order valence-electron chi connectivity index (χ0n) is 20.1. The van der Waals surface area contributed by atoms with Gasteiger partial charge in [-0.25, -0.2) is 8.78 Å². The molecule has 0 bridgehead atoms. The number of ether oxygens (including phenoxy) is 1. The zero-order chi connectivity index (χ0) is 24.1. The average Bonchev–Trinajstić information content (AvgIpc) is 2.80. The van der Waals surface area contributed by atoms with Gasteiger partial charge in [0.15, 0.2) is 0 Å². The van der Waals surface area contributed by atoms with Crippen LogP contribution in [0.2, 0.25) is 0 Å².